The zero-order valence-electron chi connectivity index (χ0n) is 9.23. The largest absolute Gasteiger partial charge is 0.349 e. The van der Waals surface area contributed by atoms with Crippen LogP contribution in [0.1, 0.15) is 23.3 Å². The van der Waals surface area contributed by atoms with E-state index in [2.05, 4.69) is 15.6 Å². The lowest BCUT2D eigenvalue weighted by molar-refractivity contribution is -0.117. The highest BCUT2D eigenvalue weighted by Gasteiger charge is 2.30. The first-order valence-corrected chi connectivity index (χ1v) is 6.33. The van der Waals surface area contributed by atoms with Crippen LogP contribution in [0.4, 0.5) is 5.13 Å². The molecule has 1 heterocycles. The number of hydrogen-bond acceptors (Lipinski definition) is 5. The summed E-state index contributed by atoms with van der Waals surface area (Å²) in [4.78, 5) is 27.0. The maximum Gasteiger partial charge on any atom is 0.270 e. The molecule has 1 aliphatic rings. The van der Waals surface area contributed by atoms with Gasteiger partial charge >= 0.3 is 0 Å². The standard InChI is InChI=1S/C10H14N4O2S/c11-3-4-12-9(16)7-5-17-10(13-7)14-8(15)6-1-2-6/h5-6H,1-4,11H2,(H,12,16)(H,13,14,15). The van der Waals surface area contributed by atoms with Crippen molar-refractivity contribution in [2.45, 2.75) is 12.8 Å². The second-order valence-electron chi connectivity index (χ2n) is 3.85. The molecule has 4 N–H and O–H groups in total. The van der Waals surface area contributed by atoms with Gasteiger partial charge in [-0.1, -0.05) is 0 Å². The summed E-state index contributed by atoms with van der Waals surface area (Å²) < 4.78 is 0. The van der Waals surface area contributed by atoms with E-state index in [4.69, 9.17) is 5.73 Å². The minimum atomic E-state index is -0.265. The van der Waals surface area contributed by atoms with Crippen LogP contribution in [0, 0.1) is 5.92 Å². The third kappa shape index (κ3) is 3.24. The highest BCUT2D eigenvalue weighted by molar-refractivity contribution is 7.14. The van der Waals surface area contributed by atoms with E-state index < -0.39 is 0 Å². The van der Waals surface area contributed by atoms with Gasteiger partial charge in [0.05, 0.1) is 0 Å². The molecule has 1 aliphatic carbocycles. The van der Waals surface area contributed by atoms with E-state index in [1.807, 2.05) is 0 Å². The number of carbonyl (C=O) groups is 2. The Labute approximate surface area is 103 Å². The number of nitrogens with two attached hydrogens (primary N) is 1. The zero-order valence-corrected chi connectivity index (χ0v) is 10.0. The van der Waals surface area contributed by atoms with Gasteiger partial charge in [0.1, 0.15) is 5.69 Å². The fourth-order valence-corrected chi connectivity index (χ4v) is 1.96. The van der Waals surface area contributed by atoms with Gasteiger partial charge in [-0.25, -0.2) is 4.98 Å². The van der Waals surface area contributed by atoms with Crippen LogP contribution in [0.25, 0.3) is 0 Å². The lowest BCUT2D eigenvalue weighted by Gasteiger charge is -1.99. The summed E-state index contributed by atoms with van der Waals surface area (Å²) in [6.07, 6.45) is 1.89. The van der Waals surface area contributed by atoms with E-state index in [9.17, 15) is 9.59 Å². The van der Waals surface area contributed by atoms with E-state index in [-0.39, 0.29) is 17.7 Å². The van der Waals surface area contributed by atoms with Crippen LogP contribution in [-0.4, -0.2) is 29.9 Å². The summed E-state index contributed by atoms with van der Waals surface area (Å²) in [6, 6.07) is 0. The van der Waals surface area contributed by atoms with Gasteiger partial charge in [0, 0.05) is 24.4 Å². The quantitative estimate of drug-likeness (QED) is 0.698. The summed E-state index contributed by atoms with van der Waals surface area (Å²) in [5.41, 5.74) is 5.59. The molecule has 0 radical (unpaired) electrons. The summed E-state index contributed by atoms with van der Waals surface area (Å²) in [7, 11) is 0. The Balaban J connectivity index is 1.90. The van der Waals surface area contributed by atoms with Crippen molar-refractivity contribution in [2.75, 3.05) is 18.4 Å². The lowest BCUT2D eigenvalue weighted by atomic mass is 10.4. The number of nitrogens with one attached hydrogen (secondary N) is 2. The van der Waals surface area contributed by atoms with E-state index in [1.165, 1.54) is 11.3 Å². The molecule has 1 saturated carbocycles. The van der Waals surface area contributed by atoms with Crippen LogP contribution in [0.2, 0.25) is 0 Å². The van der Waals surface area contributed by atoms with Crippen LogP contribution >= 0.6 is 11.3 Å². The molecule has 1 aromatic heterocycles. The van der Waals surface area contributed by atoms with E-state index in [0.29, 0.717) is 23.9 Å². The van der Waals surface area contributed by atoms with E-state index >= 15 is 0 Å². The molecule has 0 unspecified atom stereocenters. The van der Waals surface area contributed by atoms with E-state index in [1.54, 1.807) is 5.38 Å². The van der Waals surface area contributed by atoms with Crippen LogP contribution in [0.3, 0.4) is 0 Å². The maximum absolute atomic E-state index is 11.5. The molecule has 7 heteroatoms. The van der Waals surface area contributed by atoms with Crippen LogP contribution in [0.15, 0.2) is 5.38 Å². The average Bonchev–Trinajstić information content (AvgIpc) is 3.07. The molecule has 92 valence electrons. The third-order valence-electron chi connectivity index (χ3n) is 2.34. The molecular weight excluding hydrogens is 240 g/mol. The molecule has 0 spiro atoms. The smallest absolute Gasteiger partial charge is 0.270 e. The van der Waals surface area contributed by atoms with Crippen LogP contribution < -0.4 is 16.4 Å². The second kappa shape index (κ2) is 5.24. The first kappa shape index (κ1) is 12.0. The van der Waals surface area contributed by atoms with Gasteiger partial charge in [0.25, 0.3) is 5.91 Å². The molecule has 0 atom stereocenters. The van der Waals surface area contributed by atoms with Gasteiger partial charge in [-0.15, -0.1) is 11.3 Å². The second-order valence-corrected chi connectivity index (χ2v) is 4.70. The van der Waals surface area contributed by atoms with Gasteiger partial charge in [-0.05, 0) is 12.8 Å². The number of rotatable bonds is 5. The van der Waals surface area contributed by atoms with E-state index in [0.717, 1.165) is 12.8 Å². The Hall–Kier alpha value is -1.47. The van der Waals surface area contributed by atoms with Gasteiger partial charge in [0.15, 0.2) is 5.13 Å². The van der Waals surface area contributed by atoms with Crippen molar-refractivity contribution in [1.82, 2.24) is 10.3 Å². The SMILES string of the molecule is NCCNC(=O)c1csc(NC(=O)C2CC2)n1. The van der Waals surface area contributed by atoms with Gasteiger partial charge in [-0.2, -0.15) is 0 Å². The highest BCUT2D eigenvalue weighted by Crippen LogP contribution is 2.30. The summed E-state index contributed by atoms with van der Waals surface area (Å²) in [5.74, 6) is -0.139. The zero-order chi connectivity index (χ0) is 12.3. The van der Waals surface area contributed by atoms with Crippen molar-refractivity contribution in [2.24, 2.45) is 11.7 Å². The molecule has 6 nitrogen and oxygen atoms in total. The number of hydrogen-bond donors (Lipinski definition) is 3. The molecule has 0 saturated heterocycles. The molecule has 1 aromatic rings. The highest BCUT2D eigenvalue weighted by atomic mass is 32.1. The predicted molar refractivity (Wildman–Crippen MR) is 64.9 cm³/mol. The van der Waals surface area contributed by atoms with Gasteiger partial charge in [-0.3, -0.25) is 9.59 Å². The van der Waals surface area contributed by atoms with Crippen molar-refractivity contribution in [3.63, 3.8) is 0 Å². The Bertz CT molecular complexity index is 428. The van der Waals surface area contributed by atoms with Crippen molar-refractivity contribution >= 4 is 28.3 Å². The molecule has 17 heavy (non-hydrogen) atoms. The third-order valence-corrected chi connectivity index (χ3v) is 3.10. The Morgan fingerprint density at radius 3 is 2.94 bits per heavy atom. The van der Waals surface area contributed by atoms with Crippen molar-refractivity contribution < 1.29 is 9.59 Å². The van der Waals surface area contributed by atoms with Crippen LogP contribution in [-0.2, 0) is 4.79 Å². The maximum atomic E-state index is 11.5. The topological polar surface area (TPSA) is 97.1 Å². The summed E-state index contributed by atoms with van der Waals surface area (Å²) >= 11 is 1.25. The van der Waals surface area contributed by atoms with Crippen molar-refractivity contribution in [3.8, 4) is 0 Å². The Morgan fingerprint density at radius 1 is 1.53 bits per heavy atom. The Kier molecular flexibility index (Phi) is 3.70. The van der Waals surface area contributed by atoms with Gasteiger partial charge < -0.3 is 16.4 Å². The number of thiazole rings is 1. The lowest BCUT2D eigenvalue weighted by Crippen LogP contribution is -2.29. The first-order chi connectivity index (χ1) is 8.20. The molecular formula is C10H14N4O2S. The average molecular weight is 254 g/mol. The Morgan fingerprint density at radius 2 is 2.29 bits per heavy atom. The molecule has 1 fully saturated rings. The van der Waals surface area contributed by atoms with Crippen LogP contribution in [0.5, 0.6) is 0 Å². The van der Waals surface area contributed by atoms with Crippen molar-refractivity contribution in [1.29, 1.82) is 0 Å². The molecule has 2 amide bonds. The number of amides is 2. The first-order valence-electron chi connectivity index (χ1n) is 5.45. The fraction of sp³-hybridized carbons (Fsp3) is 0.500. The molecule has 0 bridgehead atoms. The summed E-state index contributed by atoms with van der Waals surface area (Å²) in [6.45, 7) is 0.807. The number of nitrogens with zero attached hydrogens (tertiary/aromatic N) is 1. The number of anilines is 1. The fourth-order valence-electron chi connectivity index (χ4n) is 1.26. The molecule has 0 aromatic carbocycles. The molecule has 2 rings (SSSR count). The molecule has 0 aliphatic heterocycles. The minimum absolute atomic E-state index is 0.00623. The number of carbonyl (C=O) groups excluding carboxylic acids is 2. The van der Waals surface area contributed by atoms with Gasteiger partial charge in [0.2, 0.25) is 5.91 Å². The van der Waals surface area contributed by atoms with Crippen molar-refractivity contribution in [3.05, 3.63) is 11.1 Å². The predicted octanol–water partition coefficient (Wildman–Crippen LogP) is 0.180. The monoisotopic (exact) mass is 254 g/mol. The number of aromatic nitrogens is 1. The normalized spacial score (nSPS) is 14.4. The summed E-state index contributed by atoms with van der Waals surface area (Å²) in [5, 5.41) is 7.41. The minimum Gasteiger partial charge on any atom is -0.349 e.